The average molecular weight is 555 g/mol. The SMILES string of the molecule is COc1cc(/C=C2\C(=O)NC(=O)N(c3cc(Cl)ccc3C)C2=O)cc(Cl)c1OCc1ccc(C(=O)O)cc1. The Bertz CT molecular complexity index is 1500. The monoisotopic (exact) mass is 554 g/mol. The van der Waals surface area contributed by atoms with Gasteiger partial charge >= 0.3 is 12.0 Å². The number of halogens is 2. The van der Waals surface area contributed by atoms with Gasteiger partial charge in [-0.1, -0.05) is 41.4 Å². The van der Waals surface area contributed by atoms with Crippen molar-refractivity contribution in [3.8, 4) is 11.5 Å². The number of hydrogen-bond donors (Lipinski definition) is 2. The van der Waals surface area contributed by atoms with Gasteiger partial charge in [0.25, 0.3) is 11.8 Å². The zero-order chi connectivity index (χ0) is 27.6. The lowest BCUT2D eigenvalue weighted by atomic mass is 10.1. The summed E-state index contributed by atoms with van der Waals surface area (Å²) < 4.78 is 11.2. The fourth-order valence-corrected chi connectivity index (χ4v) is 4.17. The third-order valence-electron chi connectivity index (χ3n) is 5.66. The van der Waals surface area contributed by atoms with Gasteiger partial charge in [-0.25, -0.2) is 14.5 Å². The van der Waals surface area contributed by atoms with Gasteiger partial charge in [-0.05, 0) is 66.1 Å². The average Bonchev–Trinajstić information content (AvgIpc) is 2.87. The van der Waals surface area contributed by atoms with E-state index in [1.54, 1.807) is 31.2 Å². The van der Waals surface area contributed by atoms with Gasteiger partial charge in [0.1, 0.15) is 12.2 Å². The van der Waals surface area contributed by atoms with Gasteiger partial charge in [0, 0.05) is 5.02 Å². The van der Waals surface area contributed by atoms with E-state index < -0.39 is 23.8 Å². The summed E-state index contributed by atoms with van der Waals surface area (Å²) in [7, 11) is 1.40. The molecule has 0 aliphatic carbocycles. The number of imide groups is 2. The van der Waals surface area contributed by atoms with E-state index in [0.29, 0.717) is 21.7 Å². The molecular formula is C27H20Cl2N2O7. The van der Waals surface area contributed by atoms with Gasteiger partial charge in [-0.15, -0.1) is 0 Å². The molecular weight excluding hydrogens is 535 g/mol. The number of carbonyl (C=O) groups is 4. The lowest BCUT2D eigenvalue weighted by molar-refractivity contribution is -0.122. The Morgan fingerprint density at radius 3 is 2.42 bits per heavy atom. The van der Waals surface area contributed by atoms with Crippen molar-refractivity contribution >= 4 is 58.8 Å². The van der Waals surface area contributed by atoms with Crippen molar-refractivity contribution < 1.29 is 33.8 Å². The summed E-state index contributed by atoms with van der Waals surface area (Å²) >= 11 is 12.5. The number of carboxylic acids is 1. The van der Waals surface area contributed by atoms with Crippen molar-refractivity contribution in [1.82, 2.24) is 5.32 Å². The van der Waals surface area contributed by atoms with Crippen LogP contribution >= 0.6 is 23.2 Å². The van der Waals surface area contributed by atoms with Crippen LogP contribution in [0, 0.1) is 6.92 Å². The highest BCUT2D eigenvalue weighted by Gasteiger charge is 2.37. The Hall–Kier alpha value is -4.34. The first-order chi connectivity index (χ1) is 18.1. The molecule has 0 spiro atoms. The topological polar surface area (TPSA) is 122 Å². The zero-order valence-corrected chi connectivity index (χ0v) is 21.6. The lowest BCUT2D eigenvalue weighted by Gasteiger charge is -2.27. The molecule has 0 atom stereocenters. The maximum Gasteiger partial charge on any atom is 0.335 e. The fourth-order valence-electron chi connectivity index (χ4n) is 3.73. The van der Waals surface area contributed by atoms with Crippen LogP contribution < -0.4 is 19.7 Å². The van der Waals surface area contributed by atoms with E-state index >= 15 is 0 Å². The minimum atomic E-state index is -1.03. The molecule has 0 unspecified atom stereocenters. The minimum Gasteiger partial charge on any atom is -0.493 e. The molecule has 194 valence electrons. The number of nitrogens with one attached hydrogen (secondary N) is 1. The molecule has 0 bridgehead atoms. The number of hydrogen-bond acceptors (Lipinski definition) is 6. The molecule has 3 aromatic carbocycles. The van der Waals surface area contributed by atoms with E-state index in [2.05, 4.69) is 5.32 Å². The number of aryl methyl sites for hydroxylation is 1. The first-order valence-corrected chi connectivity index (χ1v) is 11.8. The Labute approximate surface area is 227 Å². The molecule has 1 heterocycles. The lowest BCUT2D eigenvalue weighted by Crippen LogP contribution is -2.54. The Morgan fingerprint density at radius 2 is 1.76 bits per heavy atom. The predicted octanol–water partition coefficient (Wildman–Crippen LogP) is 5.25. The molecule has 0 radical (unpaired) electrons. The summed E-state index contributed by atoms with van der Waals surface area (Å²) in [6.45, 7) is 1.78. The Kier molecular flexibility index (Phi) is 7.70. The van der Waals surface area contributed by atoms with Gasteiger partial charge in [0.05, 0.1) is 23.4 Å². The number of ether oxygens (including phenoxy) is 2. The summed E-state index contributed by atoms with van der Waals surface area (Å²) in [5, 5.41) is 11.7. The predicted molar refractivity (Wildman–Crippen MR) is 141 cm³/mol. The highest BCUT2D eigenvalue weighted by Crippen LogP contribution is 2.38. The normalized spacial score (nSPS) is 14.5. The summed E-state index contributed by atoms with van der Waals surface area (Å²) in [4.78, 5) is 50.2. The van der Waals surface area contributed by atoms with E-state index in [9.17, 15) is 19.2 Å². The molecule has 0 aromatic heterocycles. The molecule has 9 nitrogen and oxygen atoms in total. The van der Waals surface area contributed by atoms with E-state index in [-0.39, 0.29) is 40.0 Å². The fraction of sp³-hybridized carbons (Fsp3) is 0.111. The highest BCUT2D eigenvalue weighted by atomic mass is 35.5. The molecule has 38 heavy (non-hydrogen) atoms. The largest absolute Gasteiger partial charge is 0.493 e. The summed E-state index contributed by atoms with van der Waals surface area (Å²) in [6, 6.07) is 13.0. The first kappa shape index (κ1) is 26.7. The molecule has 1 fully saturated rings. The zero-order valence-electron chi connectivity index (χ0n) is 20.1. The van der Waals surface area contributed by atoms with Crippen molar-refractivity contribution in [2.75, 3.05) is 12.0 Å². The number of benzene rings is 3. The first-order valence-electron chi connectivity index (χ1n) is 11.1. The van der Waals surface area contributed by atoms with E-state index in [1.165, 1.54) is 43.5 Å². The number of carboxylic acid groups (broad SMARTS) is 1. The number of anilines is 1. The number of rotatable bonds is 7. The van der Waals surface area contributed by atoms with Gasteiger partial charge < -0.3 is 14.6 Å². The Balaban J connectivity index is 1.63. The quantitative estimate of drug-likeness (QED) is 0.302. The number of aromatic carboxylic acids is 1. The molecule has 4 amide bonds. The van der Waals surface area contributed by atoms with Crippen LogP contribution in [0.1, 0.15) is 27.0 Å². The second kappa shape index (κ2) is 11.0. The van der Waals surface area contributed by atoms with Crippen LogP contribution in [0.2, 0.25) is 10.0 Å². The van der Waals surface area contributed by atoms with E-state index in [4.69, 9.17) is 37.8 Å². The molecule has 0 saturated carbocycles. The van der Waals surface area contributed by atoms with Crippen LogP contribution in [0.3, 0.4) is 0 Å². The third-order valence-corrected chi connectivity index (χ3v) is 6.18. The van der Waals surface area contributed by atoms with Crippen LogP contribution in [0.25, 0.3) is 6.08 Å². The maximum absolute atomic E-state index is 13.3. The van der Waals surface area contributed by atoms with Crippen molar-refractivity contribution in [3.63, 3.8) is 0 Å². The van der Waals surface area contributed by atoms with Crippen LogP contribution in [-0.2, 0) is 16.2 Å². The maximum atomic E-state index is 13.3. The summed E-state index contributed by atoms with van der Waals surface area (Å²) in [5.74, 6) is -2.29. The molecule has 1 aliphatic heterocycles. The molecule has 1 aliphatic rings. The van der Waals surface area contributed by atoms with E-state index in [0.717, 1.165) is 4.90 Å². The summed E-state index contributed by atoms with van der Waals surface area (Å²) in [5.41, 5.74) is 1.75. The van der Waals surface area contributed by atoms with Gasteiger partial charge in [0.2, 0.25) is 0 Å². The smallest absolute Gasteiger partial charge is 0.335 e. The summed E-state index contributed by atoms with van der Waals surface area (Å²) in [6.07, 6.45) is 1.29. The minimum absolute atomic E-state index is 0.0768. The van der Waals surface area contributed by atoms with Crippen molar-refractivity contribution in [2.45, 2.75) is 13.5 Å². The van der Waals surface area contributed by atoms with Crippen LogP contribution in [0.15, 0.2) is 60.2 Å². The second-order valence-electron chi connectivity index (χ2n) is 8.21. The van der Waals surface area contributed by atoms with Gasteiger partial charge in [-0.3, -0.25) is 14.9 Å². The molecule has 11 heteroatoms. The van der Waals surface area contributed by atoms with Gasteiger partial charge in [0.15, 0.2) is 11.5 Å². The van der Waals surface area contributed by atoms with Crippen LogP contribution in [-0.4, -0.2) is 36.0 Å². The number of methoxy groups -OCH3 is 1. The van der Waals surface area contributed by atoms with Crippen molar-refractivity contribution in [3.05, 3.63) is 92.5 Å². The molecule has 4 rings (SSSR count). The molecule has 3 aromatic rings. The van der Waals surface area contributed by atoms with Gasteiger partial charge in [-0.2, -0.15) is 0 Å². The van der Waals surface area contributed by atoms with Crippen LogP contribution in [0.5, 0.6) is 11.5 Å². The standard InChI is InChI=1S/C27H20Cl2N2O7/c1-14-3-8-18(28)12-21(14)31-25(33)19(24(32)30-27(31)36)9-16-10-20(29)23(22(11-16)37-2)38-13-15-4-6-17(7-5-15)26(34)35/h3-12H,13H2,1-2H3,(H,34,35)(H,30,32,36)/b19-9+. The van der Waals surface area contributed by atoms with Crippen molar-refractivity contribution in [1.29, 1.82) is 0 Å². The number of urea groups is 1. The number of carbonyl (C=O) groups excluding carboxylic acids is 3. The second-order valence-corrected chi connectivity index (χ2v) is 9.06. The van der Waals surface area contributed by atoms with Crippen molar-refractivity contribution in [2.24, 2.45) is 0 Å². The molecule has 2 N–H and O–H groups in total. The molecule has 1 saturated heterocycles. The number of barbiturate groups is 1. The Morgan fingerprint density at radius 1 is 1.05 bits per heavy atom. The third kappa shape index (κ3) is 5.49. The number of nitrogens with zero attached hydrogens (tertiary/aromatic N) is 1. The van der Waals surface area contributed by atoms with E-state index in [1.807, 2.05) is 0 Å². The number of amides is 4. The van der Waals surface area contributed by atoms with Crippen LogP contribution in [0.4, 0.5) is 10.5 Å². The highest BCUT2D eigenvalue weighted by molar-refractivity contribution is 6.40.